The van der Waals surface area contributed by atoms with Gasteiger partial charge in [0.1, 0.15) is 33.0 Å². The third-order valence-electron chi connectivity index (χ3n) is 4.95. The first-order valence-corrected chi connectivity index (χ1v) is 11.7. The molecule has 1 amide bonds. The van der Waals surface area contributed by atoms with Gasteiger partial charge >= 0.3 is 0 Å². The zero-order chi connectivity index (χ0) is 22.0. The Morgan fingerprint density at radius 3 is 2.10 bits per heavy atom. The van der Waals surface area contributed by atoms with Crippen LogP contribution in [0.1, 0.15) is 18.5 Å². The molecular formula is C21H24N2O7S. The molecule has 0 saturated heterocycles. The van der Waals surface area contributed by atoms with E-state index < -0.39 is 15.9 Å². The van der Waals surface area contributed by atoms with Crippen molar-refractivity contribution in [2.75, 3.05) is 43.5 Å². The number of carbonyl (C=O) groups is 1. The highest BCUT2D eigenvalue weighted by molar-refractivity contribution is 7.92. The molecule has 4 rings (SSSR count). The number of nitrogens with zero attached hydrogens (tertiary/aromatic N) is 1. The number of hydrogen-bond donors (Lipinski definition) is 1. The molecule has 0 spiro atoms. The molecule has 0 aromatic heterocycles. The lowest BCUT2D eigenvalue weighted by Gasteiger charge is -2.25. The molecule has 0 saturated carbocycles. The minimum Gasteiger partial charge on any atom is -0.486 e. The second-order valence-electron chi connectivity index (χ2n) is 7.29. The average molecular weight is 448 g/mol. The molecule has 0 fully saturated rings. The molecule has 0 bridgehead atoms. The summed E-state index contributed by atoms with van der Waals surface area (Å²) in [5.74, 6) is 1.83. The molecule has 2 heterocycles. The number of sulfonamides is 1. The van der Waals surface area contributed by atoms with Crippen LogP contribution in [-0.4, -0.2) is 53.6 Å². The van der Waals surface area contributed by atoms with Gasteiger partial charge in [-0.15, -0.1) is 0 Å². The van der Waals surface area contributed by atoms with E-state index in [9.17, 15) is 13.2 Å². The average Bonchev–Trinajstić information content (AvgIpc) is 2.76. The molecule has 1 atom stereocenters. The number of anilines is 1. The van der Waals surface area contributed by atoms with Gasteiger partial charge in [0.2, 0.25) is 15.9 Å². The third kappa shape index (κ3) is 4.79. The lowest BCUT2D eigenvalue weighted by Crippen LogP contribution is -2.41. The minimum atomic E-state index is -3.71. The Hall–Kier alpha value is -3.14. The van der Waals surface area contributed by atoms with Crippen LogP contribution in [0.25, 0.3) is 0 Å². The molecule has 0 aliphatic carbocycles. The first-order chi connectivity index (χ1) is 14.8. The van der Waals surface area contributed by atoms with Crippen molar-refractivity contribution in [1.82, 2.24) is 5.32 Å². The number of nitrogens with one attached hydrogen (secondary N) is 1. The number of rotatable bonds is 6. The van der Waals surface area contributed by atoms with Crippen LogP contribution in [0.4, 0.5) is 5.69 Å². The van der Waals surface area contributed by atoms with Gasteiger partial charge in [-0.1, -0.05) is 6.07 Å². The fourth-order valence-corrected chi connectivity index (χ4v) is 4.27. The lowest BCUT2D eigenvalue weighted by molar-refractivity contribution is -0.120. The van der Waals surface area contributed by atoms with Gasteiger partial charge in [-0.05, 0) is 36.8 Å². The maximum atomic E-state index is 12.7. The number of fused-ring (bicyclic) bond motifs is 2. The molecule has 2 aliphatic rings. The highest BCUT2D eigenvalue weighted by Crippen LogP contribution is 2.35. The number of ether oxygens (including phenoxy) is 4. The van der Waals surface area contributed by atoms with Gasteiger partial charge in [0.25, 0.3) is 0 Å². The standard InChI is InChI=1S/C21H24N2O7S/c1-14(15-3-5-17-19(11-15)29-9-7-27-17)22-21(24)13-23(31(2,25)26)16-4-6-18-20(12-16)30-10-8-28-18/h3-6,11-12,14H,7-10,13H2,1-2H3,(H,22,24)/t14-/m0/s1. The molecule has 166 valence electrons. The number of hydrogen-bond acceptors (Lipinski definition) is 7. The molecular weight excluding hydrogens is 424 g/mol. The molecule has 10 heteroatoms. The first kappa shape index (κ1) is 21.1. The van der Waals surface area contributed by atoms with Gasteiger partial charge in [0.05, 0.1) is 18.0 Å². The Morgan fingerprint density at radius 1 is 0.935 bits per heavy atom. The van der Waals surface area contributed by atoms with E-state index in [2.05, 4.69) is 5.32 Å². The fraction of sp³-hybridized carbons (Fsp3) is 0.381. The highest BCUT2D eigenvalue weighted by Gasteiger charge is 2.24. The fourth-order valence-electron chi connectivity index (χ4n) is 3.42. The van der Waals surface area contributed by atoms with Crippen LogP contribution in [0, 0.1) is 0 Å². The Morgan fingerprint density at radius 2 is 1.48 bits per heavy atom. The lowest BCUT2D eigenvalue weighted by atomic mass is 10.1. The quantitative estimate of drug-likeness (QED) is 0.720. The predicted molar refractivity (Wildman–Crippen MR) is 114 cm³/mol. The van der Waals surface area contributed by atoms with Gasteiger partial charge in [-0.3, -0.25) is 9.10 Å². The van der Waals surface area contributed by atoms with Crippen LogP contribution < -0.4 is 28.6 Å². The van der Waals surface area contributed by atoms with Gasteiger partial charge in [-0.2, -0.15) is 0 Å². The summed E-state index contributed by atoms with van der Waals surface area (Å²) in [7, 11) is -3.71. The van der Waals surface area contributed by atoms with Crippen LogP contribution in [0.3, 0.4) is 0 Å². The first-order valence-electron chi connectivity index (χ1n) is 9.87. The topological polar surface area (TPSA) is 103 Å². The van der Waals surface area contributed by atoms with Gasteiger partial charge < -0.3 is 24.3 Å². The smallest absolute Gasteiger partial charge is 0.241 e. The largest absolute Gasteiger partial charge is 0.486 e. The van der Waals surface area contributed by atoms with E-state index >= 15 is 0 Å². The van der Waals surface area contributed by atoms with Crippen molar-refractivity contribution in [3.05, 3.63) is 42.0 Å². The third-order valence-corrected chi connectivity index (χ3v) is 6.09. The molecule has 31 heavy (non-hydrogen) atoms. The highest BCUT2D eigenvalue weighted by atomic mass is 32.2. The number of amides is 1. The maximum absolute atomic E-state index is 12.7. The van der Waals surface area contributed by atoms with E-state index in [0.717, 1.165) is 16.1 Å². The van der Waals surface area contributed by atoms with E-state index in [-0.39, 0.29) is 12.6 Å². The molecule has 0 unspecified atom stereocenters. The second-order valence-corrected chi connectivity index (χ2v) is 9.20. The molecule has 2 aliphatic heterocycles. The van der Waals surface area contributed by atoms with Crippen LogP contribution in [0.15, 0.2) is 36.4 Å². The van der Waals surface area contributed by atoms with E-state index in [1.165, 1.54) is 0 Å². The molecule has 9 nitrogen and oxygen atoms in total. The maximum Gasteiger partial charge on any atom is 0.241 e. The second kappa shape index (κ2) is 8.54. The van der Waals surface area contributed by atoms with Crippen LogP contribution in [0.5, 0.6) is 23.0 Å². The zero-order valence-corrected chi connectivity index (χ0v) is 18.1. The van der Waals surface area contributed by atoms with Crippen molar-refractivity contribution in [2.45, 2.75) is 13.0 Å². The predicted octanol–water partition coefficient (Wildman–Crippen LogP) is 1.87. The monoisotopic (exact) mass is 448 g/mol. The molecule has 2 aromatic carbocycles. The molecule has 2 aromatic rings. The normalized spacial score (nSPS) is 15.7. The minimum absolute atomic E-state index is 0.328. The van der Waals surface area contributed by atoms with E-state index in [1.54, 1.807) is 24.3 Å². The number of carbonyl (C=O) groups excluding carboxylic acids is 1. The Balaban J connectivity index is 1.48. The molecule has 1 N–H and O–H groups in total. The van der Waals surface area contributed by atoms with E-state index in [1.807, 2.05) is 19.1 Å². The van der Waals surface area contributed by atoms with Gasteiger partial charge in [0, 0.05) is 6.07 Å². The zero-order valence-electron chi connectivity index (χ0n) is 17.3. The van der Waals surface area contributed by atoms with Crippen molar-refractivity contribution in [3.63, 3.8) is 0 Å². The van der Waals surface area contributed by atoms with Crippen molar-refractivity contribution < 1.29 is 32.2 Å². The SMILES string of the molecule is C[C@H](NC(=O)CN(c1ccc2c(c1)OCCO2)S(C)(=O)=O)c1ccc2c(c1)OCCO2. The van der Waals surface area contributed by atoms with Crippen molar-refractivity contribution >= 4 is 21.6 Å². The van der Waals surface area contributed by atoms with Crippen molar-refractivity contribution in [3.8, 4) is 23.0 Å². The van der Waals surface area contributed by atoms with Crippen LogP contribution in [-0.2, 0) is 14.8 Å². The Kier molecular flexibility index (Phi) is 5.81. The molecule has 0 radical (unpaired) electrons. The van der Waals surface area contributed by atoms with E-state index in [0.29, 0.717) is 55.1 Å². The van der Waals surface area contributed by atoms with Crippen molar-refractivity contribution in [2.24, 2.45) is 0 Å². The summed E-state index contributed by atoms with van der Waals surface area (Å²) in [5, 5.41) is 2.84. The van der Waals surface area contributed by atoms with E-state index in [4.69, 9.17) is 18.9 Å². The van der Waals surface area contributed by atoms with Crippen LogP contribution in [0.2, 0.25) is 0 Å². The Labute approximate surface area is 180 Å². The number of benzene rings is 2. The van der Waals surface area contributed by atoms with Crippen molar-refractivity contribution in [1.29, 1.82) is 0 Å². The van der Waals surface area contributed by atoms with Gasteiger partial charge in [-0.25, -0.2) is 8.42 Å². The summed E-state index contributed by atoms with van der Waals surface area (Å²) in [6.07, 6.45) is 1.06. The van der Waals surface area contributed by atoms with Crippen LogP contribution >= 0.6 is 0 Å². The Bertz CT molecular complexity index is 1090. The summed E-state index contributed by atoms with van der Waals surface area (Å²) < 4.78 is 47.9. The van der Waals surface area contributed by atoms with Gasteiger partial charge in [0.15, 0.2) is 23.0 Å². The summed E-state index contributed by atoms with van der Waals surface area (Å²) in [4.78, 5) is 12.7. The summed E-state index contributed by atoms with van der Waals surface area (Å²) in [6.45, 7) is 3.23. The summed E-state index contributed by atoms with van der Waals surface area (Å²) in [6, 6.07) is 9.88. The summed E-state index contributed by atoms with van der Waals surface area (Å²) in [5.41, 5.74) is 1.15. The summed E-state index contributed by atoms with van der Waals surface area (Å²) >= 11 is 0.